The lowest BCUT2D eigenvalue weighted by Crippen LogP contribution is -2.22. The van der Waals surface area contributed by atoms with Gasteiger partial charge in [0.25, 0.3) is 0 Å². The Morgan fingerprint density at radius 1 is 1.33 bits per heavy atom. The first kappa shape index (κ1) is 15.9. The first-order valence-corrected chi connectivity index (χ1v) is 8.33. The van der Waals surface area contributed by atoms with Gasteiger partial charge in [-0.2, -0.15) is 0 Å². The summed E-state index contributed by atoms with van der Waals surface area (Å²) in [6, 6.07) is 2.29. The van der Waals surface area contributed by atoms with Crippen LogP contribution in [0.4, 0.5) is 5.69 Å². The van der Waals surface area contributed by atoms with E-state index >= 15 is 0 Å². The normalized spacial score (nSPS) is 16.1. The average molecular weight is 305 g/mol. The average Bonchev–Trinajstić information content (AvgIpc) is 2.80. The van der Waals surface area contributed by atoms with Crippen molar-refractivity contribution in [3.63, 3.8) is 0 Å². The second kappa shape index (κ2) is 6.53. The molecule has 3 nitrogen and oxygen atoms in total. The molecule has 0 radical (unpaired) electrons. The molecular weight excluding hydrogens is 282 g/mol. The molecule has 1 aliphatic rings. The summed E-state index contributed by atoms with van der Waals surface area (Å²) in [6.45, 7) is 6.15. The summed E-state index contributed by atoms with van der Waals surface area (Å²) in [5.41, 5.74) is 0.655. The highest BCUT2D eigenvalue weighted by atomic mass is 32.1. The zero-order chi connectivity index (χ0) is 15.5. The van der Waals surface area contributed by atoms with Crippen molar-refractivity contribution in [2.45, 2.75) is 58.9 Å². The van der Waals surface area contributed by atoms with Gasteiger partial charge in [0.2, 0.25) is 0 Å². The lowest BCUT2D eigenvalue weighted by Gasteiger charge is -2.23. The number of carboxylic acid groups (broad SMARTS) is 1. The van der Waals surface area contributed by atoms with E-state index in [1.54, 1.807) is 0 Å². The molecule has 4 heteroatoms. The summed E-state index contributed by atoms with van der Waals surface area (Å²) in [6.07, 6.45) is 5.98. The van der Waals surface area contributed by atoms with Crippen LogP contribution in [0.1, 0.15) is 67.4 Å². The maximum atomic E-state index is 11.4. The van der Waals surface area contributed by atoms with E-state index in [9.17, 15) is 9.90 Å². The van der Waals surface area contributed by atoms with Crippen molar-refractivity contribution in [1.29, 1.82) is 0 Å². The largest absolute Gasteiger partial charge is 0.477 e. The van der Waals surface area contributed by atoms with Gasteiger partial charge in [-0.3, -0.25) is 0 Å². The summed E-state index contributed by atoms with van der Waals surface area (Å²) >= 11 is 1.26. The van der Waals surface area contributed by atoms with Gasteiger partial charge in [-0.1, -0.05) is 31.1 Å². The van der Waals surface area contributed by atoms with Crippen LogP contribution in [0, 0.1) is 17.3 Å². The van der Waals surface area contributed by atoms with Crippen LogP contribution in [-0.2, 0) is 0 Å². The van der Waals surface area contributed by atoms with Crippen molar-refractivity contribution >= 4 is 23.0 Å². The van der Waals surface area contributed by atoms with E-state index in [4.69, 9.17) is 0 Å². The fraction of sp³-hybridized carbons (Fsp3) is 0.588. The molecule has 1 aromatic heterocycles. The zero-order valence-electron chi connectivity index (χ0n) is 13.0. The Balaban J connectivity index is 2.20. The van der Waals surface area contributed by atoms with E-state index in [0.29, 0.717) is 10.9 Å². The minimum atomic E-state index is -0.873. The van der Waals surface area contributed by atoms with E-state index in [1.165, 1.54) is 30.6 Å². The summed E-state index contributed by atoms with van der Waals surface area (Å²) in [7, 11) is 0. The van der Waals surface area contributed by atoms with Crippen LogP contribution in [0.3, 0.4) is 0 Å². The van der Waals surface area contributed by atoms with Gasteiger partial charge in [-0.05, 0) is 39.7 Å². The minimum Gasteiger partial charge on any atom is -0.477 e. The van der Waals surface area contributed by atoms with Crippen LogP contribution >= 0.6 is 11.3 Å². The maximum Gasteiger partial charge on any atom is 0.348 e. The molecule has 0 aliphatic heterocycles. The minimum absolute atomic E-state index is 0.0790. The Bertz CT molecular complexity index is 566. The molecule has 1 saturated carbocycles. The van der Waals surface area contributed by atoms with E-state index in [1.807, 2.05) is 26.8 Å². The predicted octanol–water partition coefficient (Wildman–Crippen LogP) is 4.59. The van der Waals surface area contributed by atoms with Crippen LogP contribution in [-0.4, -0.2) is 17.1 Å². The molecule has 21 heavy (non-hydrogen) atoms. The Labute approximate surface area is 130 Å². The third-order valence-electron chi connectivity index (χ3n) is 3.45. The molecule has 0 unspecified atom stereocenters. The number of nitrogens with one attached hydrogen (secondary N) is 1. The van der Waals surface area contributed by atoms with Gasteiger partial charge in [0, 0.05) is 11.5 Å². The molecule has 0 spiro atoms. The van der Waals surface area contributed by atoms with E-state index < -0.39 is 5.97 Å². The molecule has 1 aromatic rings. The number of carbonyl (C=O) groups is 1. The van der Waals surface area contributed by atoms with Crippen molar-refractivity contribution in [1.82, 2.24) is 0 Å². The molecule has 0 saturated heterocycles. The van der Waals surface area contributed by atoms with Crippen LogP contribution in [0.2, 0.25) is 0 Å². The third kappa shape index (κ3) is 4.78. The van der Waals surface area contributed by atoms with Gasteiger partial charge in [0.1, 0.15) is 4.88 Å². The molecule has 0 bridgehead atoms. The summed E-state index contributed by atoms with van der Waals surface area (Å²) in [5, 5.41) is 12.8. The molecular formula is C17H23NO2S. The van der Waals surface area contributed by atoms with Gasteiger partial charge in [0.15, 0.2) is 0 Å². The molecule has 2 rings (SSSR count). The van der Waals surface area contributed by atoms with Crippen molar-refractivity contribution in [2.24, 2.45) is 5.41 Å². The van der Waals surface area contributed by atoms with Gasteiger partial charge < -0.3 is 10.4 Å². The van der Waals surface area contributed by atoms with Crippen LogP contribution in [0.15, 0.2) is 6.07 Å². The van der Waals surface area contributed by atoms with E-state index in [-0.39, 0.29) is 5.41 Å². The van der Waals surface area contributed by atoms with Crippen LogP contribution < -0.4 is 5.32 Å². The molecule has 1 fully saturated rings. The summed E-state index contributed by atoms with van der Waals surface area (Å²) < 4.78 is 0. The SMILES string of the molecule is CC(C)(C)C#Cc1cc(NC2CCCCC2)c(C(=O)O)s1. The van der Waals surface area contributed by atoms with Crippen molar-refractivity contribution in [3.05, 3.63) is 15.8 Å². The second-order valence-corrected chi connectivity index (χ2v) is 7.69. The second-order valence-electron chi connectivity index (χ2n) is 6.64. The van der Waals surface area contributed by atoms with Crippen LogP contribution in [0.5, 0.6) is 0 Å². The molecule has 1 heterocycles. The number of carboxylic acids is 1. The first-order valence-electron chi connectivity index (χ1n) is 7.52. The number of anilines is 1. The highest BCUT2D eigenvalue weighted by Crippen LogP contribution is 2.30. The third-order valence-corrected chi connectivity index (χ3v) is 4.49. The quantitative estimate of drug-likeness (QED) is 0.803. The van der Waals surface area contributed by atoms with Gasteiger partial charge in [-0.15, -0.1) is 11.3 Å². The molecule has 114 valence electrons. The maximum absolute atomic E-state index is 11.4. The van der Waals surface area contributed by atoms with Crippen LogP contribution in [0.25, 0.3) is 0 Å². The lowest BCUT2D eigenvalue weighted by molar-refractivity contribution is 0.0703. The number of rotatable bonds is 3. The van der Waals surface area contributed by atoms with E-state index in [0.717, 1.165) is 23.4 Å². The number of aromatic carboxylic acids is 1. The summed E-state index contributed by atoms with van der Waals surface area (Å²) in [4.78, 5) is 12.6. The van der Waals surface area contributed by atoms with Gasteiger partial charge in [0.05, 0.1) is 10.6 Å². The first-order chi connectivity index (χ1) is 9.85. The molecule has 0 atom stereocenters. The predicted molar refractivity (Wildman–Crippen MR) is 88.1 cm³/mol. The van der Waals surface area contributed by atoms with Crippen molar-refractivity contribution in [2.75, 3.05) is 5.32 Å². The number of hydrogen-bond acceptors (Lipinski definition) is 3. The van der Waals surface area contributed by atoms with Gasteiger partial charge >= 0.3 is 5.97 Å². The smallest absolute Gasteiger partial charge is 0.348 e. The Kier molecular flexibility index (Phi) is 4.95. The Morgan fingerprint density at radius 3 is 2.57 bits per heavy atom. The molecule has 1 aliphatic carbocycles. The molecule has 0 aromatic carbocycles. The Hall–Kier alpha value is -1.47. The summed E-state index contributed by atoms with van der Waals surface area (Å²) in [5.74, 6) is 5.39. The number of thiophene rings is 1. The number of hydrogen-bond donors (Lipinski definition) is 2. The Morgan fingerprint density at radius 2 is 2.00 bits per heavy atom. The molecule has 2 N–H and O–H groups in total. The molecule has 0 amide bonds. The van der Waals surface area contributed by atoms with Crippen molar-refractivity contribution in [3.8, 4) is 11.8 Å². The fourth-order valence-corrected chi connectivity index (χ4v) is 3.25. The lowest BCUT2D eigenvalue weighted by atomic mass is 9.95. The van der Waals surface area contributed by atoms with Gasteiger partial charge in [-0.25, -0.2) is 4.79 Å². The highest BCUT2D eigenvalue weighted by molar-refractivity contribution is 7.15. The monoisotopic (exact) mass is 305 g/mol. The van der Waals surface area contributed by atoms with E-state index in [2.05, 4.69) is 17.2 Å². The fourth-order valence-electron chi connectivity index (χ4n) is 2.43. The highest BCUT2D eigenvalue weighted by Gasteiger charge is 2.19. The van der Waals surface area contributed by atoms with Crippen molar-refractivity contribution < 1.29 is 9.90 Å². The zero-order valence-corrected chi connectivity index (χ0v) is 13.8. The standard InChI is InChI=1S/C17H23NO2S/c1-17(2,3)10-9-13-11-14(15(21-13)16(19)20)18-12-7-5-4-6-8-12/h11-12,18H,4-8H2,1-3H3,(H,19,20). The topological polar surface area (TPSA) is 49.3 Å².